The van der Waals surface area contributed by atoms with E-state index in [0.717, 1.165) is 0 Å². The van der Waals surface area contributed by atoms with E-state index in [0.29, 0.717) is 16.0 Å². The Morgan fingerprint density at radius 1 is 1.29 bits per heavy atom. The lowest BCUT2D eigenvalue weighted by molar-refractivity contribution is -0.137. The summed E-state index contributed by atoms with van der Waals surface area (Å²) >= 11 is 0.522. The number of rotatable bonds is 0. The second-order valence-electron chi connectivity index (χ2n) is 2.64. The number of thiazole rings is 1. The van der Waals surface area contributed by atoms with Crippen molar-refractivity contribution >= 4 is 21.6 Å². The monoisotopic (exact) mass is 219 g/mol. The number of hydrogen-bond acceptors (Lipinski definition) is 3. The molecule has 2 aromatic rings. The Kier molecular flexibility index (Phi) is 1.88. The Morgan fingerprint density at radius 2 is 2.00 bits per heavy atom. The predicted octanol–water partition coefficient (Wildman–Crippen LogP) is 3.02. The summed E-state index contributed by atoms with van der Waals surface area (Å²) in [6, 6.07) is 4.28. The van der Waals surface area contributed by atoms with Crippen molar-refractivity contribution in [3.05, 3.63) is 23.2 Å². The van der Waals surface area contributed by atoms with Gasteiger partial charge in [0.25, 0.3) is 0 Å². The third-order valence-corrected chi connectivity index (χ3v) is 2.71. The van der Waals surface area contributed by atoms with Gasteiger partial charge >= 0.3 is 6.18 Å². The van der Waals surface area contributed by atoms with E-state index in [4.69, 9.17) is 0 Å². The lowest BCUT2D eigenvalue weighted by Crippen LogP contribution is -2.03. The molecule has 0 fully saturated rings. The zero-order valence-corrected chi connectivity index (χ0v) is 7.49. The molecule has 0 saturated carbocycles. The van der Waals surface area contributed by atoms with Gasteiger partial charge in [-0.3, -0.25) is 0 Å². The van der Waals surface area contributed by atoms with Gasteiger partial charge in [0, 0.05) is 0 Å². The van der Waals surface area contributed by atoms with Gasteiger partial charge in [0.15, 0.2) is 5.01 Å². The predicted molar refractivity (Wildman–Crippen MR) is 46.3 cm³/mol. The summed E-state index contributed by atoms with van der Waals surface area (Å²) in [7, 11) is 0. The first-order valence-electron chi connectivity index (χ1n) is 3.64. The van der Waals surface area contributed by atoms with Gasteiger partial charge in [0.05, 0.1) is 4.70 Å². The Hall–Kier alpha value is -1.30. The van der Waals surface area contributed by atoms with Crippen molar-refractivity contribution in [2.75, 3.05) is 0 Å². The van der Waals surface area contributed by atoms with E-state index in [2.05, 4.69) is 4.98 Å². The molecule has 0 amide bonds. The van der Waals surface area contributed by atoms with Gasteiger partial charge in [-0.1, -0.05) is 6.07 Å². The minimum atomic E-state index is -4.45. The van der Waals surface area contributed by atoms with E-state index in [-0.39, 0.29) is 11.3 Å². The molecule has 1 aromatic carbocycles. The molecule has 0 radical (unpaired) electrons. The molecule has 0 bridgehead atoms. The molecule has 0 aliphatic heterocycles. The van der Waals surface area contributed by atoms with E-state index < -0.39 is 11.2 Å². The van der Waals surface area contributed by atoms with Crippen molar-refractivity contribution in [3.63, 3.8) is 0 Å². The number of aromatic nitrogens is 1. The highest BCUT2D eigenvalue weighted by atomic mass is 32.1. The average molecular weight is 219 g/mol. The van der Waals surface area contributed by atoms with Crippen molar-refractivity contribution in [3.8, 4) is 5.75 Å². The molecule has 14 heavy (non-hydrogen) atoms. The third kappa shape index (κ3) is 1.41. The first-order valence-corrected chi connectivity index (χ1v) is 4.46. The normalized spacial score (nSPS) is 12.2. The molecule has 2 rings (SSSR count). The second kappa shape index (κ2) is 2.84. The highest BCUT2D eigenvalue weighted by Crippen LogP contribution is 2.37. The van der Waals surface area contributed by atoms with Crippen molar-refractivity contribution in [1.29, 1.82) is 0 Å². The van der Waals surface area contributed by atoms with Crippen LogP contribution in [0.3, 0.4) is 0 Å². The quantitative estimate of drug-likeness (QED) is 0.738. The summed E-state index contributed by atoms with van der Waals surface area (Å²) in [5.41, 5.74) is 0.00447. The Bertz CT molecular complexity index is 477. The lowest BCUT2D eigenvalue weighted by atomic mass is 10.3. The number of nitrogens with zero attached hydrogens (tertiary/aromatic N) is 1. The van der Waals surface area contributed by atoms with Gasteiger partial charge in [-0.05, 0) is 12.1 Å². The van der Waals surface area contributed by atoms with Gasteiger partial charge < -0.3 is 5.11 Å². The number of halogens is 3. The topological polar surface area (TPSA) is 33.1 Å². The molecule has 0 atom stereocenters. The van der Waals surface area contributed by atoms with E-state index in [1.54, 1.807) is 0 Å². The number of phenolic OH excluding ortho intramolecular Hbond substituents is 1. The Balaban J connectivity index is 2.69. The van der Waals surface area contributed by atoms with Crippen LogP contribution in [-0.4, -0.2) is 10.1 Å². The lowest BCUT2D eigenvalue weighted by Gasteiger charge is -1.98. The Morgan fingerprint density at radius 3 is 2.57 bits per heavy atom. The molecule has 1 heterocycles. The summed E-state index contributed by atoms with van der Waals surface area (Å²) < 4.78 is 37.0. The van der Waals surface area contributed by atoms with Crippen LogP contribution in [0, 0.1) is 0 Å². The molecule has 1 aromatic heterocycles. The maximum absolute atomic E-state index is 12.2. The molecule has 1 N–H and O–H groups in total. The van der Waals surface area contributed by atoms with Gasteiger partial charge in [-0.15, -0.1) is 11.3 Å². The highest BCUT2D eigenvalue weighted by molar-refractivity contribution is 7.18. The van der Waals surface area contributed by atoms with E-state index in [9.17, 15) is 18.3 Å². The fourth-order valence-electron chi connectivity index (χ4n) is 1.06. The van der Waals surface area contributed by atoms with Crippen LogP contribution in [0.5, 0.6) is 5.75 Å². The van der Waals surface area contributed by atoms with Gasteiger partial charge in [0.1, 0.15) is 11.3 Å². The number of para-hydroxylation sites is 1. The number of alkyl halides is 3. The zero-order valence-electron chi connectivity index (χ0n) is 6.67. The molecule has 6 heteroatoms. The molecule has 0 aliphatic carbocycles. The molecule has 0 saturated heterocycles. The van der Waals surface area contributed by atoms with E-state index in [1.165, 1.54) is 18.2 Å². The average Bonchev–Trinajstić information content (AvgIpc) is 2.48. The molecular formula is C8H4F3NOS. The highest BCUT2D eigenvalue weighted by Gasteiger charge is 2.35. The number of aromatic hydroxyl groups is 1. The van der Waals surface area contributed by atoms with E-state index in [1.807, 2.05) is 0 Å². The largest absolute Gasteiger partial charge is 0.506 e. The van der Waals surface area contributed by atoms with Crippen LogP contribution < -0.4 is 0 Å². The minimum absolute atomic E-state index is 0.00447. The van der Waals surface area contributed by atoms with Crippen molar-refractivity contribution in [2.24, 2.45) is 0 Å². The molecule has 0 aliphatic rings. The summed E-state index contributed by atoms with van der Waals surface area (Å²) in [6.07, 6.45) is -4.45. The first kappa shape index (κ1) is 9.26. The van der Waals surface area contributed by atoms with Crippen LogP contribution in [0.2, 0.25) is 0 Å². The minimum Gasteiger partial charge on any atom is -0.506 e. The number of hydrogen-bond donors (Lipinski definition) is 1. The third-order valence-electron chi connectivity index (χ3n) is 1.64. The van der Waals surface area contributed by atoms with Gasteiger partial charge in [-0.25, -0.2) is 4.98 Å². The molecular weight excluding hydrogens is 215 g/mol. The standard InChI is InChI=1S/C8H4F3NOS/c9-8(10,11)7-12-6-4(13)2-1-3-5(6)14-7/h1-3,13H. The fraction of sp³-hybridized carbons (Fsp3) is 0.125. The smallest absolute Gasteiger partial charge is 0.443 e. The number of fused-ring (bicyclic) bond motifs is 1. The van der Waals surface area contributed by atoms with Gasteiger partial charge in [0.2, 0.25) is 0 Å². The van der Waals surface area contributed by atoms with Crippen LogP contribution in [0.25, 0.3) is 10.2 Å². The fourth-order valence-corrected chi connectivity index (χ4v) is 1.91. The second-order valence-corrected chi connectivity index (χ2v) is 3.67. The van der Waals surface area contributed by atoms with Crippen molar-refractivity contribution in [1.82, 2.24) is 4.98 Å². The summed E-state index contributed by atoms with van der Waals surface area (Å²) in [6.45, 7) is 0. The maximum Gasteiger partial charge on any atom is 0.443 e. The molecule has 0 unspecified atom stereocenters. The van der Waals surface area contributed by atoms with Crippen molar-refractivity contribution in [2.45, 2.75) is 6.18 Å². The van der Waals surface area contributed by atoms with Crippen LogP contribution in [0.4, 0.5) is 13.2 Å². The van der Waals surface area contributed by atoms with Gasteiger partial charge in [-0.2, -0.15) is 13.2 Å². The summed E-state index contributed by atoms with van der Waals surface area (Å²) in [5, 5.41) is 8.29. The summed E-state index contributed by atoms with van der Waals surface area (Å²) in [5.74, 6) is -0.228. The van der Waals surface area contributed by atoms with Crippen LogP contribution in [0.15, 0.2) is 18.2 Å². The van der Waals surface area contributed by atoms with E-state index >= 15 is 0 Å². The first-order chi connectivity index (χ1) is 6.48. The summed E-state index contributed by atoms with van der Waals surface area (Å²) in [4.78, 5) is 3.33. The van der Waals surface area contributed by atoms with Crippen LogP contribution >= 0.6 is 11.3 Å². The number of phenols is 1. The van der Waals surface area contributed by atoms with Crippen LogP contribution in [-0.2, 0) is 6.18 Å². The molecule has 2 nitrogen and oxygen atoms in total. The SMILES string of the molecule is Oc1cccc2sc(C(F)(F)F)nc12. The number of benzene rings is 1. The maximum atomic E-state index is 12.2. The zero-order chi connectivity index (χ0) is 10.3. The van der Waals surface area contributed by atoms with Crippen molar-refractivity contribution < 1.29 is 18.3 Å². The molecule has 0 spiro atoms. The van der Waals surface area contributed by atoms with Crippen LogP contribution in [0.1, 0.15) is 5.01 Å². The molecule has 74 valence electrons. The Labute approximate surface area is 80.6 Å².